The van der Waals surface area contributed by atoms with Crippen molar-refractivity contribution in [2.75, 3.05) is 31.4 Å². The predicted molar refractivity (Wildman–Crippen MR) is 123 cm³/mol. The summed E-state index contributed by atoms with van der Waals surface area (Å²) >= 11 is 0. The average Bonchev–Trinajstić information content (AvgIpc) is 3.20. The number of aromatic nitrogens is 1. The maximum Gasteiger partial charge on any atom is 0.265 e. The van der Waals surface area contributed by atoms with Gasteiger partial charge in [-0.3, -0.25) is 14.8 Å². The van der Waals surface area contributed by atoms with Crippen LogP contribution in [0.3, 0.4) is 0 Å². The standard InChI is InChI=1S/C22H25N3O7S/c1-6-16-21(22(32-24-16)23-13(2)26)14-7-10-18(30-4)20(11-14)33(27,28)25-17-9-8-15(29-3)12-19(17)31-5/h7-12,25H,6H2,1-5H3,(H,23,26). The molecule has 3 aromatic rings. The quantitative estimate of drug-likeness (QED) is 0.479. The van der Waals surface area contributed by atoms with Gasteiger partial charge in [0.1, 0.15) is 22.1 Å². The molecule has 2 aromatic carbocycles. The van der Waals surface area contributed by atoms with Crippen LogP contribution in [0.4, 0.5) is 11.6 Å². The lowest BCUT2D eigenvalue weighted by molar-refractivity contribution is -0.114. The Labute approximate surface area is 191 Å². The van der Waals surface area contributed by atoms with Gasteiger partial charge < -0.3 is 18.7 Å². The second-order valence-corrected chi connectivity index (χ2v) is 8.56. The third kappa shape index (κ3) is 5.03. The largest absolute Gasteiger partial charge is 0.497 e. The van der Waals surface area contributed by atoms with Crippen LogP contribution in [0.1, 0.15) is 19.5 Å². The number of hydrogen-bond acceptors (Lipinski definition) is 8. The molecule has 0 saturated carbocycles. The highest BCUT2D eigenvalue weighted by molar-refractivity contribution is 7.92. The van der Waals surface area contributed by atoms with Crippen molar-refractivity contribution < 1.29 is 31.9 Å². The summed E-state index contributed by atoms with van der Waals surface area (Å²) in [5.74, 6) is 0.726. The Morgan fingerprint density at radius 1 is 1.03 bits per heavy atom. The monoisotopic (exact) mass is 475 g/mol. The molecule has 0 unspecified atom stereocenters. The topological polar surface area (TPSA) is 129 Å². The minimum absolute atomic E-state index is 0.114. The molecule has 0 aliphatic heterocycles. The minimum atomic E-state index is -4.11. The highest BCUT2D eigenvalue weighted by Gasteiger charge is 2.25. The van der Waals surface area contributed by atoms with Crippen molar-refractivity contribution in [3.05, 3.63) is 42.1 Å². The number of rotatable bonds is 9. The number of nitrogens with zero attached hydrogens (tertiary/aromatic N) is 1. The first-order chi connectivity index (χ1) is 15.7. The number of hydrogen-bond donors (Lipinski definition) is 2. The molecule has 2 N–H and O–H groups in total. The van der Waals surface area contributed by atoms with Crippen molar-refractivity contribution in [1.29, 1.82) is 0 Å². The summed E-state index contributed by atoms with van der Waals surface area (Å²) in [6, 6.07) is 9.35. The first-order valence-electron chi connectivity index (χ1n) is 9.93. The van der Waals surface area contributed by atoms with E-state index in [0.717, 1.165) is 0 Å². The van der Waals surface area contributed by atoms with E-state index < -0.39 is 10.0 Å². The molecule has 0 bridgehead atoms. The SMILES string of the molecule is CCc1noc(NC(C)=O)c1-c1ccc(OC)c(S(=O)(=O)Nc2ccc(OC)cc2OC)c1. The van der Waals surface area contributed by atoms with Crippen LogP contribution in [0.5, 0.6) is 17.2 Å². The molecule has 11 heteroatoms. The maximum atomic E-state index is 13.4. The van der Waals surface area contributed by atoms with Gasteiger partial charge in [0.2, 0.25) is 11.8 Å². The van der Waals surface area contributed by atoms with Crippen molar-refractivity contribution in [2.24, 2.45) is 0 Å². The molecule has 0 spiro atoms. The Hall–Kier alpha value is -3.73. The summed E-state index contributed by atoms with van der Waals surface area (Å²) in [7, 11) is 0.191. The molecule has 10 nitrogen and oxygen atoms in total. The lowest BCUT2D eigenvalue weighted by Crippen LogP contribution is -2.15. The van der Waals surface area contributed by atoms with Gasteiger partial charge in [0.05, 0.1) is 38.3 Å². The highest BCUT2D eigenvalue weighted by atomic mass is 32.2. The fraction of sp³-hybridized carbons (Fsp3) is 0.273. The molecule has 0 saturated heterocycles. The summed E-state index contributed by atoms with van der Waals surface area (Å²) in [6.45, 7) is 3.21. The van der Waals surface area contributed by atoms with E-state index >= 15 is 0 Å². The zero-order valence-electron chi connectivity index (χ0n) is 18.9. The first-order valence-corrected chi connectivity index (χ1v) is 11.4. The average molecular weight is 476 g/mol. The lowest BCUT2D eigenvalue weighted by Gasteiger charge is -2.15. The fourth-order valence-corrected chi connectivity index (χ4v) is 4.50. The van der Waals surface area contributed by atoms with E-state index in [1.165, 1.54) is 46.5 Å². The maximum absolute atomic E-state index is 13.4. The molecular formula is C22H25N3O7S. The fourth-order valence-electron chi connectivity index (χ4n) is 3.23. The number of anilines is 2. The van der Waals surface area contributed by atoms with Gasteiger partial charge in [-0.2, -0.15) is 0 Å². The van der Waals surface area contributed by atoms with Gasteiger partial charge >= 0.3 is 0 Å². The molecule has 0 aliphatic carbocycles. The summed E-state index contributed by atoms with van der Waals surface area (Å²) < 4.78 is 50.3. The predicted octanol–water partition coefficient (Wildman–Crippen LogP) is 3.69. The molecular weight excluding hydrogens is 450 g/mol. The van der Waals surface area contributed by atoms with Crippen molar-refractivity contribution >= 4 is 27.5 Å². The van der Waals surface area contributed by atoms with E-state index in [9.17, 15) is 13.2 Å². The molecule has 176 valence electrons. The molecule has 1 aromatic heterocycles. The van der Waals surface area contributed by atoms with E-state index in [1.54, 1.807) is 18.2 Å². The van der Waals surface area contributed by atoms with Gasteiger partial charge in [-0.15, -0.1) is 0 Å². The van der Waals surface area contributed by atoms with Crippen molar-refractivity contribution in [2.45, 2.75) is 25.2 Å². The summed E-state index contributed by atoms with van der Waals surface area (Å²) in [5.41, 5.74) is 1.77. The van der Waals surface area contributed by atoms with Gasteiger partial charge in [0.25, 0.3) is 10.0 Å². The van der Waals surface area contributed by atoms with Gasteiger partial charge in [-0.05, 0) is 36.2 Å². The Bertz CT molecular complexity index is 1270. The molecule has 0 atom stereocenters. The molecule has 0 aliphatic rings. The smallest absolute Gasteiger partial charge is 0.265 e. The summed E-state index contributed by atoms with van der Waals surface area (Å²) in [5, 5.41) is 6.58. The van der Waals surface area contributed by atoms with Crippen LogP contribution in [-0.2, 0) is 21.2 Å². The van der Waals surface area contributed by atoms with E-state index in [-0.39, 0.29) is 33.9 Å². The van der Waals surface area contributed by atoms with Crippen LogP contribution in [-0.4, -0.2) is 40.8 Å². The van der Waals surface area contributed by atoms with E-state index in [4.69, 9.17) is 18.7 Å². The molecule has 0 radical (unpaired) electrons. The van der Waals surface area contributed by atoms with Crippen LogP contribution >= 0.6 is 0 Å². The molecule has 3 rings (SSSR count). The van der Waals surface area contributed by atoms with Crippen molar-refractivity contribution in [3.8, 4) is 28.4 Å². The number of carbonyl (C=O) groups excluding carboxylic acids is 1. The Morgan fingerprint density at radius 3 is 2.36 bits per heavy atom. The van der Waals surface area contributed by atoms with E-state index in [0.29, 0.717) is 29.0 Å². The Morgan fingerprint density at radius 2 is 1.76 bits per heavy atom. The van der Waals surface area contributed by atoms with Gasteiger partial charge in [-0.1, -0.05) is 18.1 Å². The van der Waals surface area contributed by atoms with Gasteiger partial charge in [-0.25, -0.2) is 8.42 Å². The van der Waals surface area contributed by atoms with Crippen LogP contribution < -0.4 is 24.2 Å². The summed E-state index contributed by atoms with van der Waals surface area (Å²) in [6.07, 6.45) is 0.508. The number of nitrogens with one attached hydrogen (secondary N) is 2. The summed E-state index contributed by atoms with van der Waals surface area (Å²) in [4.78, 5) is 11.5. The third-order valence-electron chi connectivity index (χ3n) is 4.78. The van der Waals surface area contributed by atoms with Crippen LogP contribution in [0.2, 0.25) is 0 Å². The molecule has 33 heavy (non-hydrogen) atoms. The zero-order chi connectivity index (χ0) is 24.2. The van der Waals surface area contributed by atoms with E-state index in [2.05, 4.69) is 15.2 Å². The number of methoxy groups -OCH3 is 3. The number of aryl methyl sites for hydroxylation is 1. The van der Waals surface area contributed by atoms with Gasteiger partial charge in [0.15, 0.2) is 0 Å². The number of amides is 1. The minimum Gasteiger partial charge on any atom is -0.497 e. The molecule has 1 amide bonds. The van der Waals surface area contributed by atoms with Crippen molar-refractivity contribution in [3.63, 3.8) is 0 Å². The molecule has 1 heterocycles. The van der Waals surface area contributed by atoms with Crippen molar-refractivity contribution in [1.82, 2.24) is 5.16 Å². The third-order valence-corrected chi connectivity index (χ3v) is 6.17. The number of benzene rings is 2. The highest BCUT2D eigenvalue weighted by Crippen LogP contribution is 2.38. The second-order valence-electron chi connectivity index (χ2n) is 6.91. The normalized spacial score (nSPS) is 11.1. The lowest BCUT2D eigenvalue weighted by atomic mass is 10.0. The van der Waals surface area contributed by atoms with Gasteiger partial charge in [0, 0.05) is 13.0 Å². The zero-order valence-corrected chi connectivity index (χ0v) is 19.7. The second kappa shape index (κ2) is 9.82. The number of sulfonamides is 1. The first kappa shape index (κ1) is 23.9. The van der Waals surface area contributed by atoms with Crippen LogP contribution in [0.15, 0.2) is 45.8 Å². The van der Waals surface area contributed by atoms with E-state index in [1.807, 2.05) is 6.92 Å². The van der Waals surface area contributed by atoms with Crippen LogP contribution in [0, 0.1) is 0 Å². The molecule has 0 fully saturated rings. The number of ether oxygens (including phenoxy) is 3. The van der Waals surface area contributed by atoms with Crippen LogP contribution in [0.25, 0.3) is 11.1 Å². The number of carbonyl (C=O) groups is 1. The Kier molecular flexibility index (Phi) is 7.12. The Balaban J connectivity index is 2.10.